The van der Waals surface area contributed by atoms with Crippen molar-refractivity contribution in [1.29, 1.82) is 0 Å². The molecule has 5 heteroatoms. The van der Waals surface area contributed by atoms with Crippen molar-refractivity contribution in [2.45, 2.75) is 13.0 Å². The van der Waals surface area contributed by atoms with Crippen molar-refractivity contribution in [3.63, 3.8) is 0 Å². The van der Waals surface area contributed by atoms with Crippen molar-refractivity contribution in [3.05, 3.63) is 55.9 Å². The molecule has 3 rings (SSSR count). The molecule has 1 aromatic heterocycles. The van der Waals surface area contributed by atoms with Crippen molar-refractivity contribution >= 4 is 33.2 Å². The molecule has 98 valence electrons. The third-order valence-electron chi connectivity index (χ3n) is 3.27. The Bertz CT molecular complexity index is 620. The molecule has 0 spiro atoms. The normalized spacial score (nSPS) is 14.3. The average Bonchev–Trinajstić information content (AvgIpc) is 2.85. The molecule has 0 radical (unpaired) electrons. The second-order valence-electron chi connectivity index (χ2n) is 4.44. The third kappa shape index (κ3) is 2.32. The van der Waals surface area contributed by atoms with Crippen LogP contribution in [-0.2, 0) is 13.0 Å². The number of rotatable bonds is 1. The second-order valence-corrected chi connectivity index (χ2v) is 6.30. The van der Waals surface area contributed by atoms with Gasteiger partial charge < -0.3 is 4.90 Å². The highest BCUT2D eigenvalue weighted by Gasteiger charge is 2.25. The number of carbonyl (C=O) groups excluding carboxylic acids is 1. The smallest absolute Gasteiger partial charge is 0.258 e. The minimum absolute atomic E-state index is 0.126. The van der Waals surface area contributed by atoms with E-state index < -0.39 is 5.82 Å². The number of amides is 1. The van der Waals surface area contributed by atoms with Crippen LogP contribution in [0.15, 0.2) is 34.1 Å². The minimum atomic E-state index is -0.476. The van der Waals surface area contributed by atoms with Crippen LogP contribution in [0.4, 0.5) is 4.39 Å². The maximum Gasteiger partial charge on any atom is 0.258 e. The molecule has 2 nitrogen and oxygen atoms in total. The molecule has 19 heavy (non-hydrogen) atoms. The fourth-order valence-electron chi connectivity index (χ4n) is 2.28. The molecule has 2 heterocycles. The van der Waals surface area contributed by atoms with Gasteiger partial charge in [-0.15, -0.1) is 11.3 Å². The molecule has 1 aliphatic heterocycles. The van der Waals surface area contributed by atoms with Gasteiger partial charge in [0, 0.05) is 22.4 Å². The van der Waals surface area contributed by atoms with Gasteiger partial charge in [0.1, 0.15) is 5.82 Å². The molecule has 0 aliphatic carbocycles. The summed E-state index contributed by atoms with van der Waals surface area (Å²) in [7, 11) is 0. The summed E-state index contributed by atoms with van der Waals surface area (Å²) in [6.07, 6.45) is 0.852. The zero-order valence-corrected chi connectivity index (χ0v) is 12.4. The summed E-state index contributed by atoms with van der Waals surface area (Å²) in [6, 6.07) is 6.63. The predicted molar refractivity (Wildman–Crippen MR) is 76.9 cm³/mol. The number of hydrogen-bond donors (Lipinski definition) is 0. The first-order chi connectivity index (χ1) is 9.16. The maximum absolute atomic E-state index is 13.8. The highest BCUT2D eigenvalue weighted by atomic mass is 79.9. The van der Waals surface area contributed by atoms with Crippen LogP contribution in [0.2, 0.25) is 0 Å². The second kappa shape index (κ2) is 5.06. The third-order valence-corrected chi connectivity index (χ3v) is 4.96. The zero-order valence-electron chi connectivity index (χ0n) is 10.0. The fraction of sp³-hybridized carbons (Fsp3) is 0.214. The van der Waals surface area contributed by atoms with Gasteiger partial charge in [0.2, 0.25) is 0 Å². The molecule has 1 aliphatic rings. The first kappa shape index (κ1) is 12.8. The summed E-state index contributed by atoms with van der Waals surface area (Å²) in [5.41, 5.74) is 1.30. The first-order valence-corrected chi connectivity index (χ1v) is 7.62. The van der Waals surface area contributed by atoms with Crippen molar-refractivity contribution in [2.24, 2.45) is 0 Å². The number of thiophene rings is 1. The topological polar surface area (TPSA) is 20.3 Å². The van der Waals surface area contributed by atoms with E-state index in [1.807, 2.05) is 11.4 Å². The van der Waals surface area contributed by atoms with Crippen molar-refractivity contribution in [3.8, 4) is 0 Å². The molecule has 0 saturated heterocycles. The molecule has 1 amide bonds. The summed E-state index contributed by atoms with van der Waals surface area (Å²) in [4.78, 5) is 15.5. The lowest BCUT2D eigenvalue weighted by Crippen LogP contribution is -2.36. The van der Waals surface area contributed by atoms with E-state index in [0.717, 1.165) is 6.42 Å². The highest BCUT2D eigenvalue weighted by molar-refractivity contribution is 9.10. The Labute approximate surface area is 123 Å². The maximum atomic E-state index is 13.8. The SMILES string of the molecule is O=C(c1c(F)cccc1Br)N1CCc2sccc2C1. The molecule has 1 aromatic carbocycles. The van der Waals surface area contributed by atoms with Gasteiger partial charge in [-0.05, 0) is 51.5 Å². The number of hydrogen-bond acceptors (Lipinski definition) is 2. The monoisotopic (exact) mass is 339 g/mol. The Morgan fingerprint density at radius 2 is 2.21 bits per heavy atom. The van der Waals surface area contributed by atoms with E-state index in [4.69, 9.17) is 0 Å². The van der Waals surface area contributed by atoms with E-state index in [1.165, 1.54) is 16.5 Å². The summed E-state index contributed by atoms with van der Waals surface area (Å²) in [5.74, 6) is -0.725. The first-order valence-electron chi connectivity index (χ1n) is 5.95. The Hall–Kier alpha value is -1.20. The Morgan fingerprint density at radius 3 is 3.00 bits per heavy atom. The standard InChI is InChI=1S/C14H11BrFNOS/c15-10-2-1-3-11(16)13(10)14(18)17-6-4-12-9(8-17)5-7-19-12/h1-3,5,7H,4,6,8H2. The van der Waals surface area contributed by atoms with E-state index in [0.29, 0.717) is 17.6 Å². The summed E-state index contributed by atoms with van der Waals surface area (Å²) in [5, 5.41) is 2.04. The van der Waals surface area contributed by atoms with Crippen molar-refractivity contribution in [2.75, 3.05) is 6.54 Å². The van der Waals surface area contributed by atoms with E-state index in [2.05, 4.69) is 15.9 Å². The average molecular weight is 340 g/mol. The molecule has 0 fully saturated rings. The predicted octanol–water partition coefficient (Wildman–Crippen LogP) is 3.85. The van der Waals surface area contributed by atoms with Gasteiger partial charge in [-0.2, -0.15) is 0 Å². The number of benzene rings is 1. The van der Waals surface area contributed by atoms with Crippen LogP contribution >= 0.6 is 27.3 Å². The van der Waals surface area contributed by atoms with Gasteiger partial charge in [0.15, 0.2) is 0 Å². The lowest BCUT2D eigenvalue weighted by atomic mass is 10.1. The molecule has 0 saturated carbocycles. The number of nitrogens with zero attached hydrogens (tertiary/aromatic N) is 1. The van der Waals surface area contributed by atoms with E-state index >= 15 is 0 Å². The van der Waals surface area contributed by atoms with Gasteiger partial charge in [-0.3, -0.25) is 4.79 Å². The Balaban J connectivity index is 1.90. The molecular formula is C14H11BrFNOS. The fourth-order valence-corrected chi connectivity index (χ4v) is 3.68. The van der Waals surface area contributed by atoms with E-state index in [1.54, 1.807) is 28.4 Å². The Kier molecular flexibility index (Phi) is 3.41. The molecule has 0 N–H and O–H groups in total. The lowest BCUT2D eigenvalue weighted by Gasteiger charge is -2.27. The van der Waals surface area contributed by atoms with Crippen LogP contribution in [0.1, 0.15) is 20.8 Å². The van der Waals surface area contributed by atoms with Gasteiger partial charge in [-0.1, -0.05) is 6.07 Å². The van der Waals surface area contributed by atoms with Crippen LogP contribution in [0.3, 0.4) is 0 Å². The molecule has 2 aromatic rings. The van der Waals surface area contributed by atoms with Crippen LogP contribution < -0.4 is 0 Å². The molecule has 0 unspecified atom stereocenters. The number of fused-ring (bicyclic) bond motifs is 1. The lowest BCUT2D eigenvalue weighted by molar-refractivity contribution is 0.0730. The van der Waals surface area contributed by atoms with E-state index in [-0.39, 0.29) is 11.5 Å². The molecule has 0 atom stereocenters. The van der Waals surface area contributed by atoms with Crippen LogP contribution in [0.25, 0.3) is 0 Å². The highest BCUT2D eigenvalue weighted by Crippen LogP contribution is 2.27. The van der Waals surface area contributed by atoms with Crippen LogP contribution in [0, 0.1) is 5.82 Å². The minimum Gasteiger partial charge on any atom is -0.334 e. The zero-order chi connectivity index (χ0) is 13.4. The summed E-state index contributed by atoms with van der Waals surface area (Å²) >= 11 is 4.97. The van der Waals surface area contributed by atoms with Gasteiger partial charge in [0.25, 0.3) is 5.91 Å². The van der Waals surface area contributed by atoms with E-state index in [9.17, 15) is 9.18 Å². The number of halogens is 2. The van der Waals surface area contributed by atoms with Gasteiger partial charge >= 0.3 is 0 Å². The quantitative estimate of drug-likeness (QED) is 0.772. The van der Waals surface area contributed by atoms with Crippen LogP contribution in [0.5, 0.6) is 0 Å². The van der Waals surface area contributed by atoms with Gasteiger partial charge in [0.05, 0.1) is 5.56 Å². The van der Waals surface area contributed by atoms with Crippen LogP contribution in [-0.4, -0.2) is 17.4 Å². The Morgan fingerprint density at radius 1 is 1.37 bits per heavy atom. The molecular weight excluding hydrogens is 329 g/mol. The van der Waals surface area contributed by atoms with Gasteiger partial charge in [-0.25, -0.2) is 4.39 Å². The number of carbonyl (C=O) groups is 1. The largest absolute Gasteiger partial charge is 0.334 e. The van der Waals surface area contributed by atoms with Crippen molar-refractivity contribution < 1.29 is 9.18 Å². The summed E-state index contributed by atoms with van der Waals surface area (Å²) in [6.45, 7) is 1.21. The summed E-state index contributed by atoms with van der Waals surface area (Å²) < 4.78 is 14.3. The van der Waals surface area contributed by atoms with Crippen molar-refractivity contribution in [1.82, 2.24) is 4.90 Å². The molecule has 0 bridgehead atoms.